The number of hydrogen-bond acceptors (Lipinski definition) is 3. The van der Waals surface area contributed by atoms with Gasteiger partial charge in [0.25, 0.3) is 0 Å². The number of rotatable bonds is 4. The first-order valence-corrected chi connectivity index (χ1v) is 9.11. The predicted molar refractivity (Wildman–Crippen MR) is 95.7 cm³/mol. The third kappa shape index (κ3) is 6.90. The molecule has 2 rings (SSSR count). The minimum atomic E-state index is -0.825. The van der Waals surface area contributed by atoms with Crippen LogP contribution in [0.4, 0.5) is 0 Å². The summed E-state index contributed by atoms with van der Waals surface area (Å²) < 4.78 is 5.21. The highest BCUT2D eigenvalue weighted by atomic mass is 16.5. The zero-order chi connectivity index (χ0) is 18.1. The van der Waals surface area contributed by atoms with Crippen molar-refractivity contribution in [2.24, 2.45) is 11.8 Å². The Bertz CT molecular complexity index is 458. The summed E-state index contributed by atoms with van der Waals surface area (Å²) >= 11 is 0. The van der Waals surface area contributed by atoms with Crippen LogP contribution in [0.15, 0.2) is 24.3 Å². The van der Waals surface area contributed by atoms with E-state index in [2.05, 4.69) is 20.1 Å². The van der Waals surface area contributed by atoms with Crippen LogP contribution >= 0.6 is 0 Å². The molecule has 2 aliphatic rings. The van der Waals surface area contributed by atoms with E-state index in [1.807, 2.05) is 0 Å². The number of carboxylic acid groups (broad SMARTS) is 1. The van der Waals surface area contributed by atoms with Gasteiger partial charge >= 0.3 is 11.9 Å². The molecule has 0 aromatic carbocycles. The standard InChI is InChI=1S/2C10H16O2/c1-8(2)10(11)12-9-6-4-3-5-7-9;1-7-5-3-4-6-9(7)8(2)10(11)12/h9H,1,3-7H2,2H3;7,9H,2-6H2,1H3,(H,11,12). The first-order chi connectivity index (χ1) is 11.3. The number of esters is 1. The van der Waals surface area contributed by atoms with Crippen molar-refractivity contribution in [1.82, 2.24) is 0 Å². The molecular formula is C20H32O4. The quantitative estimate of drug-likeness (QED) is 0.586. The van der Waals surface area contributed by atoms with Crippen LogP contribution in [0.3, 0.4) is 0 Å². The molecular weight excluding hydrogens is 304 g/mol. The van der Waals surface area contributed by atoms with Crippen molar-refractivity contribution < 1.29 is 19.4 Å². The van der Waals surface area contributed by atoms with E-state index in [1.165, 1.54) is 25.7 Å². The Kier molecular flexibility index (Phi) is 8.80. The first kappa shape index (κ1) is 20.5. The molecule has 4 heteroatoms. The van der Waals surface area contributed by atoms with E-state index in [0.717, 1.165) is 32.1 Å². The number of aliphatic carboxylic acids is 1. The molecule has 2 aliphatic carbocycles. The highest BCUT2D eigenvalue weighted by molar-refractivity contribution is 5.87. The van der Waals surface area contributed by atoms with Crippen molar-refractivity contribution in [2.75, 3.05) is 0 Å². The molecule has 0 spiro atoms. The average molecular weight is 336 g/mol. The zero-order valence-electron chi connectivity index (χ0n) is 15.2. The fourth-order valence-electron chi connectivity index (χ4n) is 3.43. The summed E-state index contributed by atoms with van der Waals surface area (Å²) in [7, 11) is 0. The molecule has 1 N–H and O–H groups in total. The molecule has 2 saturated carbocycles. The van der Waals surface area contributed by atoms with E-state index in [-0.39, 0.29) is 18.0 Å². The molecule has 24 heavy (non-hydrogen) atoms. The smallest absolute Gasteiger partial charge is 0.333 e. The van der Waals surface area contributed by atoms with Crippen molar-refractivity contribution in [3.05, 3.63) is 24.3 Å². The molecule has 0 amide bonds. The van der Waals surface area contributed by atoms with Gasteiger partial charge in [0.1, 0.15) is 6.10 Å². The Morgan fingerprint density at radius 2 is 1.50 bits per heavy atom. The van der Waals surface area contributed by atoms with E-state index in [1.54, 1.807) is 6.92 Å². The number of hydrogen-bond donors (Lipinski definition) is 1. The normalized spacial score (nSPS) is 24.2. The van der Waals surface area contributed by atoms with Gasteiger partial charge in [-0.1, -0.05) is 45.8 Å². The van der Waals surface area contributed by atoms with Crippen LogP contribution in [0.2, 0.25) is 0 Å². The first-order valence-electron chi connectivity index (χ1n) is 9.11. The van der Waals surface area contributed by atoms with Gasteiger partial charge in [0.05, 0.1) is 0 Å². The van der Waals surface area contributed by atoms with Gasteiger partial charge in [-0.3, -0.25) is 0 Å². The minimum absolute atomic E-state index is 0.156. The SMILES string of the molecule is C=C(C(=O)O)C1CCCCC1C.C=C(C)C(=O)OC1CCCCC1. The summed E-state index contributed by atoms with van der Waals surface area (Å²) in [5.74, 6) is -0.339. The molecule has 136 valence electrons. The van der Waals surface area contributed by atoms with Gasteiger partial charge in [0.15, 0.2) is 0 Å². The number of carbonyl (C=O) groups excluding carboxylic acids is 1. The Balaban J connectivity index is 0.000000240. The van der Waals surface area contributed by atoms with Crippen molar-refractivity contribution in [2.45, 2.75) is 77.7 Å². The molecule has 2 atom stereocenters. The van der Waals surface area contributed by atoms with E-state index in [4.69, 9.17) is 9.84 Å². The molecule has 0 aromatic heterocycles. The van der Waals surface area contributed by atoms with Crippen LogP contribution in [0, 0.1) is 11.8 Å². The Morgan fingerprint density at radius 1 is 0.958 bits per heavy atom. The van der Waals surface area contributed by atoms with Crippen LogP contribution in [-0.4, -0.2) is 23.1 Å². The lowest BCUT2D eigenvalue weighted by Gasteiger charge is -2.28. The van der Waals surface area contributed by atoms with Gasteiger partial charge in [-0.25, -0.2) is 9.59 Å². The average Bonchev–Trinajstić information content (AvgIpc) is 2.56. The maximum Gasteiger partial charge on any atom is 0.333 e. The monoisotopic (exact) mass is 336 g/mol. The second-order valence-corrected chi connectivity index (χ2v) is 7.14. The summed E-state index contributed by atoms with van der Waals surface area (Å²) in [4.78, 5) is 21.7. The lowest BCUT2D eigenvalue weighted by Crippen LogP contribution is -2.22. The fourth-order valence-corrected chi connectivity index (χ4v) is 3.43. The third-order valence-corrected chi connectivity index (χ3v) is 5.01. The maximum absolute atomic E-state index is 11.1. The largest absolute Gasteiger partial charge is 0.478 e. The van der Waals surface area contributed by atoms with Crippen LogP contribution < -0.4 is 0 Å². The summed E-state index contributed by atoms with van der Waals surface area (Å²) in [6.45, 7) is 11.0. The molecule has 2 unspecified atom stereocenters. The maximum atomic E-state index is 11.1. The summed E-state index contributed by atoms with van der Waals surface area (Å²) in [6.07, 6.45) is 10.4. The molecule has 0 bridgehead atoms. The van der Waals surface area contributed by atoms with Gasteiger partial charge in [-0.15, -0.1) is 0 Å². The van der Waals surface area contributed by atoms with Crippen LogP contribution in [0.25, 0.3) is 0 Å². The summed E-state index contributed by atoms with van der Waals surface area (Å²) in [5.41, 5.74) is 0.905. The summed E-state index contributed by atoms with van der Waals surface area (Å²) in [5, 5.41) is 8.75. The summed E-state index contributed by atoms with van der Waals surface area (Å²) in [6, 6.07) is 0. The molecule has 4 nitrogen and oxygen atoms in total. The second-order valence-electron chi connectivity index (χ2n) is 7.14. The molecule has 0 saturated heterocycles. The molecule has 0 radical (unpaired) electrons. The highest BCUT2D eigenvalue weighted by Gasteiger charge is 2.26. The lowest BCUT2D eigenvalue weighted by atomic mass is 9.77. The second kappa shape index (κ2) is 10.3. The van der Waals surface area contributed by atoms with Gasteiger partial charge in [0.2, 0.25) is 0 Å². The van der Waals surface area contributed by atoms with E-state index in [0.29, 0.717) is 17.1 Å². The van der Waals surface area contributed by atoms with Crippen molar-refractivity contribution >= 4 is 11.9 Å². The van der Waals surface area contributed by atoms with Gasteiger partial charge in [-0.05, 0) is 50.9 Å². The molecule has 0 aliphatic heterocycles. The number of carboxylic acids is 1. The third-order valence-electron chi connectivity index (χ3n) is 5.01. The van der Waals surface area contributed by atoms with Crippen LogP contribution in [0.5, 0.6) is 0 Å². The van der Waals surface area contributed by atoms with Gasteiger partial charge < -0.3 is 9.84 Å². The highest BCUT2D eigenvalue weighted by Crippen LogP contribution is 2.33. The molecule has 0 aromatic rings. The Hall–Kier alpha value is -1.58. The van der Waals surface area contributed by atoms with E-state index >= 15 is 0 Å². The minimum Gasteiger partial charge on any atom is -0.478 e. The number of ether oxygens (including phenoxy) is 1. The van der Waals surface area contributed by atoms with Crippen LogP contribution in [0.1, 0.15) is 71.6 Å². The van der Waals surface area contributed by atoms with Crippen LogP contribution in [-0.2, 0) is 14.3 Å². The Morgan fingerprint density at radius 3 is 2.00 bits per heavy atom. The Labute approximate surface area is 146 Å². The number of carbonyl (C=O) groups is 2. The zero-order valence-corrected chi connectivity index (χ0v) is 15.2. The van der Waals surface area contributed by atoms with Crippen molar-refractivity contribution in [3.8, 4) is 0 Å². The lowest BCUT2D eigenvalue weighted by molar-refractivity contribution is -0.145. The van der Waals surface area contributed by atoms with Gasteiger partial charge in [-0.2, -0.15) is 0 Å². The van der Waals surface area contributed by atoms with Crippen molar-refractivity contribution in [1.29, 1.82) is 0 Å². The topological polar surface area (TPSA) is 63.6 Å². The van der Waals surface area contributed by atoms with Gasteiger partial charge in [0, 0.05) is 11.1 Å². The van der Waals surface area contributed by atoms with E-state index in [9.17, 15) is 9.59 Å². The molecule has 2 fully saturated rings. The van der Waals surface area contributed by atoms with Crippen molar-refractivity contribution in [3.63, 3.8) is 0 Å². The fraction of sp³-hybridized carbons (Fsp3) is 0.700. The molecule has 0 heterocycles. The van der Waals surface area contributed by atoms with E-state index < -0.39 is 5.97 Å². The predicted octanol–water partition coefficient (Wildman–Crippen LogP) is 4.89.